The summed E-state index contributed by atoms with van der Waals surface area (Å²) in [6, 6.07) is 12.6. The first-order valence-electron chi connectivity index (χ1n) is 19.6. The number of hydrogen-bond donors (Lipinski definition) is 5. The lowest BCUT2D eigenvalue weighted by Crippen LogP contribution is -2.36. The summed E-state index contributed by atoms with van der Waals surface area (Å²) in [5.41, 5.74) is 22.1. The Morgan fingerprint density at radius 2 is 1.47 bits per heavy atom. The second kappa shape index (κ2) is 19.1. The minimum Gasteiger partial charge on any atom is -0.493 e. The van der Waals surface area contributed by atoms with Crippen molar-refractivity contribution in [1.29, 1.82) is 0 Å². The third-order valence-electron chi connectivity index (χ3n) is 10.4. The molecule has 1 unspecified atom stereocenters. The van der Waals surface area contributed by atoms with E-state index in [1.54, 1.807) is 36.4 Å². The van der Waals surface area contributed by atoms with E-state index in [4.69, 9.17) is 65.8 Å². The minimum atomic E-state index is -4.45. The lowest BCUT2D eigenvalue weighted by atomic mass is 10.1. The van der Waals surface area contributed by atoms with Crippen LogP contribution < -0.4 is 20.9 Å². The van der Waals surface area contributed by atoms with Gasteiger partial charge in [-0.05, 0) is 70.7 Å². The number of hydrogen-bond acceptors (Lipinski definition) is 23. The van der Waals surface area contributed by atoms with Crippen molar-refractivity contribution in [1.82, 2.24) is 39.0 Å². The summed E-state index contributed by atoms with van der Waals surface area (Å²) >= 11 is 6.16. The molecule has 0 radical (unpaired) electrons. The number of aliphatic hydroxyl groups is 2. The summed E-state index contributed by atoms with van der Waals surface area (Å²) < 4.78 is 65.4. The van der Waals surface area contributed by atoms with Crippen molar-refractivity contribution in [2.45, 2.75) is 54.8 Å². The zero-order chi connectivity index (χ0) is 46.2. The van der Waals surface area contributed by atoms with Crippen LogP contribution in [0, 0.1) is 0 Å². The van der Waals surface area contributed by atoms with Gasteiger partial charge in [0.1, 0.15) is 71.8 Å². The zero-order valence-electron chi connectivity index (χ0n) is 33.8. The molecule has 3 fully saturated rings. The van der Waals surface area contributed by atoms with E-state index in [1.165, 1.54) is 46.6 Å². The molecule has 0 amide bonds. The number of nitrogen functional groups attached to an aromatic ring is 2. The van der Waals surface area contributed by atoms with Gasteiger partial charge in [-0.3, -0.25) is 22.7 Å². The molecule has 9 rings (SSSR count). The molecule has 10 atom stereocenters. The average Bonchev–Trinajstić information content (AvgIpc) is 4.08. The zero-order valence-corrected chi connectivity index (χ0v) is 37.2. The maximum atomic E-state index is 15.1. The van der Waals surface area contributed by atoms with Crippen LogP contribution in [-0.4, -0.2) is 123 Å². The van der Waals surface area contributed by atoms with Crippen molar-refractivity contribution in [3.05, 3.63) is 95.4 Å². The predicted molar refractivity (Wildman–Crippen MR) is 234 cm³/mol. The molecular formula is C36H37N13O13P2S2. The number of azide groups is 1. The van der Waals surface area contributed by atoms with E-state index < -0.39 is 81.8 Å². The lowest BCUT2D eigenvalue weighted by molar-refractivity contribution is -0.0594. The molecule has 3 saturated heterocycles. The Morgan fingerprint density at radius 3 is 2.14 bits per heavy atom. The molecule has 2 aromatic carbocycles. The third-order valence-corrected chi connectivity index (χ3v) is 15.6. The number of esters is 1. The Bertz CT molecular complexity index is 2890. The van der Waals surface area contributed by atoms with Crippen LogP contribution in [0.5, 0.6) is 11.5 Å². The van der Waals surface area contributed by atoms with Crippen LogP contribution in [0.1, 0.15) is 28.4 Å². The van der Waals surface area contributed by atoms with Gasteiger partial charge in [0, 0.05) is 10.7 Å². The summed E-state index contributed by atoms with van der Waals surface area (Å²) in [5.74, 6) is 0.183. The summed E-state index contributed by atoms with van der Waals surface area (Å²) in [7, 11) is 0. The lowest BCUT2D eigenvalue weighted by Gasteiger charge is -2.28. The number of imidazole rings is 2. The van der Waals surface area contributed by atoms with Crippen molar-refractivity contribution >= 4 is 76.6 Å². The van der Waals surface area contributed by atoms with Crippen molar-refractivity contribution in [2.75, 3.05) is 37.8 Å². The standard InChI is InChI=1S/C36H37N13O13P2S2/c37-30-24-32(42-14-40-30)48(16-44-24)34-27(51)28-23(60-34)12-56-63(53,65)61-29-26(50)22(59-35(29)49-17-45-25-31(38)41-15-43-33(25)49)11-57-64(54,62-28)66-13-18-1-5-21(6-2-18)58-36(52)19-3-7-20(8-4-19)55-10-9-46-47-39/h1-8,14-17,22-23,26-29,34-35,50-51H,9-13H2,(H,53,65)(H2,37,40,42)(H2,38,41,43)/t22-,23-,26-,27-,28-,29-,34-,35-,63?,64-/m1/s1. The molecular weight excluding hydrogens is 949 g/mol. The molecule has 6 aromatic rings. The van der Waals surface area contributed by atoms with Crippen molar-refractivity contribution < 1.29 is 61.5 Å². The average molecular weight is 986 g/mol. The molecule has 30 heteroatoms. The fourth-order valence-electron chi connectivity index (χ4n) is 7.19. The number of carbonyl (C=O) groups is 1. The number of aromatic nitrogens is 8. The van der Waals surface area contributed by atoms with Crippen LogP contribution in [-0.2, 0) is 49.7 Å². The molecule has 26 nitrogen and oxygen atoms in total. The molecule has 0 saturated carbocycles. The van der Waals surface area contributed by atoms with E-state index in [0.717, 1.165) is 11.4 Å². The number of anilines is 2. The van der Waals surface area contributed by atoms with Crippen LogP contribution in [0.3, 0.4) is 0 Å². The molecule has 4 aromatic heterocycles. The Hall–Kier alpha value is -5.41. The van der Waals surface area contributed by atoms with Gasteiger partial charge in [0.2, 0.25) is 0 Å². The summed E-state index contributed by atoms with van der Waals surface area (Å²) in [5, 5.41) is 26.9. The Labute approximate surface area is 380 Å². The van der Waals surface area contributed by atoms with E-state index in [1.807, 2.05) is 0 Å². The molecule has 346 valence electrons. The van der Waals surface area contributed by atoms with Gasteiger partial charge in [-0.25, -0.2) is 39.3 Å². The number of nitrogens with two attached hydrogens (primary N) is 2. The first kappa shape index (κ1) is 45.7. The highest BCUT2D eigenvalue weighted by Gasteiger charge is 2.53. The topological polar surface area (TPSA) is 357 Å². The van der Waals surface area contributed by atoms with Crippen LogP contribution in [0.25, 0.3) is 32.8 Å². The van der Waals surface area contributed by atoms with Crippen molar-refractivity contribution in [3.8, 4) is 11.5 Å². The van der Waals surface area contributed by atoms with Crippen molar-refractivity contribution in [2.24, 2.45) is 5.11 Å². The fourth-order valence-corrected chi connectivity index (χ4v) is 12.0. The molecule has 7 heterocycles. The van der Waals surface area contributed by atoms with Gasteiger partial charge in [0.25, 0.3) is 0 Å². The smallest absolute Gasteiger partial charge is 0.389 e. The minimum absolute atomic E-state index is 0.00863. The van der Waals surface area contributed by atoms with Gasteiger partial charge in [0.05, 0.1) is 44.6 Å². The van der Waals surface area contributed by atoms with Gasteiger partial charge in [0.15, 0.2) is 35.4 Å². The number of nitrogens with zero attached hydrogens (tertiary/aromatic N) is 11. The molecule has 0 aliphatic carbocycles. The van der Waals surface area contributed by atoms with E-state index in [-0.39, 0.29) is 64.2 Å². The second-order valence-electron chi connectivity index (χ2n) is 14.6. The molecule has 2 bridgehead atoms. The van der Waals surface area contributed by atoms with Gasteiger partial charge in [-0.1, -0.05) is 17.2 Å². The normalized spacial score (nSPS) is 29.0. The largest absolute Gasteiger partial charge is 0.493 e. The van der Waals surface area contributed by atoms with Crippen molar-refractivity contribution in [3.63, 3.8) is 0 Å². The Morgan fingerprint density at radius 1 is 0.848 bits per heavy atom. The van der Waals surface area contributed by atoms with Crippen LogP contribution in [0.4, 0.5) is 11.6 Å². The summed E-state index contributed by atoms with van der Waals surface area (Å²) in [6.07, 6.45) is -6.11. The molecule has 3 aliphatic heterocycles. The number of fused-ring (bicyclic) bond motifs is 5. The molecule has 7 N–H and O–H groups in total. The number of benzene rings is 2. The van der Waals surface area contributed by atoms with Gasteiger partial charge in [-0.15, -0.1) is 0 Å². The number of rotatable bonds is 11. The van der Waals surface area contributed by atoms with Crippen LogP contribution in [0.15, 0.2) is 79.0 Å². The van der Waals surface area contributed by atoms with Gasteiger partial charge >= 0.3 is 19.5 Å². The van der Waals surface area contributed by atoms with Gasteiger partial charge < -0.3 is 50.0 Å². The number of aliphatic hydroxyl groups excluding tert-OH is 2. The quantitative estimate of drug-likeness (QED) is 0.0236. The first-order valence-corrected chi connectivity index (χ1v) is 25.3. The number of ether oxygens (including phenoxy) is 4. The first-order chi connectivity index (χ1) is 31.8. The second-order valence-corrected chi connectivity index (χ2v) is 21.4. The van der Waals surface area contributed by atoms with E-state index in [0.29, 0.717) is 11.3 Å². The van der Waals surface area contributed by atoms with E-state index >= 15 is 4.57 Å². The Balaban J connectivity index is 0.965. The fraction of sp³-hybridized carbons (Fsp3) is 0.361. The van der Waals surface area contributed by atoms with Crippen LogP contribution >= 0.6 is 24.9 Å². The number of carbonyl (C=O) groups excluding carboxylic acids is 1. The molecule has 3 aliphatic rings. The predicted octanol–water partition coefficient (Wildman–Crippen LogP) is 3.33. The maximum Gasteiger partial charge on any atom is 0.389 e. The maximum absolute atomic E-state index is 15.1. The van der Waals surface area contributed by atoms with Gasteiger partial charge in [-0.2, -0.15) is 0 Å². The molecule has 0 spiro atoms. The van der Waals surface area contributed by atoms with Crippen LogP contribution in [0.2, 0.25) is 0 Å². The molecule has 66 heavy (non-hydrogen) atoms. The van der Waals surface area contributed by atoms with E-state index in [9.17, 15) is 19.9 Å². The van der Waals surface area contributed by atoms with E-state index in [2.05, 4.69) is 39.9 Å². The summed E-state index contributed by atoms with van der Waals surface area (Å²) in [6.45, 7) is -9.58. The highest BCUT2D eigenvalue weighted by Crippen LogP contribution is 2.64. The monoisotopic (exact) mass is 985 g/mol. The third kappa shape index (κ3) is 9.56. The highest BCUT2D eigenvalue weighted by atomic mass is 32.7. The summed E-state index contributed by atoms with van der Waals surface area (Å²) in [4.78, 5) is 52.0. The SMILES string of the molecule is [N-]=[N+]=NCCOc1ccc(C(=O)Oc2ccc(CS[P@]3(=O)OC[C@H]4O[C@@H](n5cnc6c(N)ncnc65)[C@H](OP(O)(=S)OC[C@H]5O[C@@H](n6cnc7c(N)ncnc76)[C@H](O)[C@@H]5O3)[C@@H]4O)cc2)cc1. The Kier molecular flexibility index (Phi) is 13.2. The highest BCUT2D eigenvalue weighted by molar-refractivity contribution is 8.54.